The number of hydrogen-bond acceptors (Lipinski definition) is 2. The summed E-state index contributed by atoms with van der Waals surface area (Å²) >= 11 is 0. The Bertz CT molecular complexity index is 512. The van der Waals surface area contributed by atoms with Gasteiger partial charge in [-0.15, -0.1) is 0 Å². The van der Waals surface area contributed by atoms with Crippen LogP contribution in [0.4, 0.5) is 4.39 Å². The minimum absolute atomic E-state index is 0.0651. The van der Waals surface area contributed by atoms with Gasteiger partial charge < -0.3 is 4.90 Å². The van der Waals surface area contributed by atoms with Crippen LogP contribution in [0.2, 0.25) is 0 Å². The number of likely N-dealkylation sites (tertiary alicyclic amines) is 1. The summed E-state index contributed by atoms with van der Waals surface area (Å²) in [6.07, 6.45) is 1.37. The van der Waals surface area contributed by atoms with Crippen LogP contribution >= 0.6 is 0 Å². The van der Waals surface area contributed by atoms with Crippen LogP contribution in [0.1, 0.15) is 78.7 Å². The Kier molecular flexibility index (Phi) is 5.24. The van der Waals surface area contributed by atoms with Crippen LogP contribution in [-0.4, -0.2) is 40.5 Å². The zero-order chi connectivity index (χ0) is 17.4. The lowest BCUT2D eigenvalue weighted by Gasteiger charge is -2.34. The molecular formula is C19H34FN3. The van der Waals surface area contributed by atoms with Crippen LogP contribution in [0.25, 0.3) is 0 Å². The number of hydrogen-bond donors (Lipinski definition) is 0. The molecule has 0 amide bonds. The van der Waals surface area contributed by atoms with Crippen LogP contribution in [0.5, 0.6) is 0 Å². The Balaban J connectivity index is 2.21. The molecule has 1 unspecified atom stereocenters. The first-order chi connectivity index (χ1) is 10.5. The van der Waals surface area contributed by atoms with Crippen molar-refractivity contribution >= 4 is 0 Å². The maximum atomic E-state index is 13.2. The molecule has 2 heterocycles. The summed E-state index contributed by atoms with van der Waals surface area (Å²) < 4.78 is 15.5. The number of alkyl halides is 1. The third kappa shape index (κ3) is 4.56. The summed E-state index contributed by atoms with van der Waals surface area (Å²) in [7, 11) is 0. The van der Waals surface area contributed by atoms with Gasteiger partial charge in [-0.05, 0) is 25.8 Å². The predicted octanol–water partition coefficient (Wildman–Crippen LogP) is 4.47. The molecular weight excluding hydrogens is 289 g/mol. The topological polar surface area (TPSA) is 21.1 Å². The van der Waals surface area contributed by atoms with Crippen LogP contribution in [0.3, 0.4) is 0 Å². The molecule has 1 aromatic rings. The highest BCUT2D eigenvalue weighted by Crippen LogP contribution is 2.33. The number of piperidine rings is 1. The lowest BCUT2D eigenvalue weighted by molar-refractivity contribution is 0.142. The van der Waals surface area contributed by atoms with Gasteiger partial charge in [0.15, 0.2) is 0 Å². The zero-order valence-corrected chi connectivity index (χ0v) is 16.0. The Labute approximate surface area is 141 Å². The first kappa shape index (κ1) is 18.4. The second-order valence-electron chi connectivity index (χ2n) is 9.17. The Morgan fingerprint density at radius 2 is 1.70 bits per heavy atom. The van der Waals surface area contributed by atoms with Crippen molar-refractivity contribution in [2.45, 2.75) is 84.4 Å². The molecule has 23 heavy (non-hydrogen) atoms. The predicted molar refractivity (Wildman–Crippen MR) is 94.9 cm³/mol. The highest BCUT2D eigenvalue weighted by atomic mass is 19.1. The second-order valence-corrected chi connectivity index (χ2v) is 9.17. The van der Waals surface area contributed by atoms with Gasteiger partial charge in [0, 0.05) is 36.2 Å². The number of aromatic nitrogens is 2. The molecule has 0 saturated carbocycles. The van der Waals surface area contributed by atoms with Crippen molar-refractivity contribution in [1.29, 1.82) is 0 Å². The summed E-state index contributed by atoms with van der Waals surface area (Å²) in [4.78, 5) is 2.24. The Hall–Kier alpha value is -0.900. The van der Waals surface area contributed by atoms with Crippen molar-refractivity contribution in [3.8, 4) is 0 Å². The van der Waals surface area contributed by atoms with Crippen LogP contribution in [0, 0.1) is 0 Å². The molecule has 1 aliphatic rings. The first-order valence-corrected chi connectivity index (χ1v) is 8.95. The molecule has 0 aliphatic carbocycles. The van der Waals surface area contributed by atoms with Crippen molar-refractivity contribution in [3.05, 3.63) is 17.5 Å². The molecule has 0 aromatic carbocycles. The standard InChI is InChI=1S/C19H34FN3/c1-14(20)13-22-10-8-15(9-11-22)23-17(19(5,6)7)12-16(21-23)18(2,3)4/h12,14-15H,8-11,13H2,1-7H3. The molecule has 1 aliphatic heterocycles. The SMILES string of the molecule is CC(F)CN1CCC(n2nc(C(C)(C)C)cc2C(C)(C)C)CC1. The van der Waals surface area contributed by atoms with E-state index in [-0.39, 0.29) is 10.8 Å². The van der Waals surface area contributed by atoms with E-state index in [0.717, 1.165) is 25.9 Å². The summed E-state index contributed by atoms with van der Waals surface area (Å²) in [5.41, 5.74) is 2.64. The molecule has 132 valence electrons. The quantitative estimate of drug-likeness (QED) is 0.818. The molecule has 1 atom stereocenters. The monoisotopic (exact) mass is 323 g/mol. The Morgan fingerprint density at radius 3 is 2.13 bits per heavy atom. The largest absolute Gasteiger partial charge is 0.300 e. The summed E-state index contributed by atoms with van der Waals surface area (Å²) in [5.74, 6) is 0. The number of nitrogens with zero attached hydrogens (tertiary/aromatic N) is 3. The van der Waals surface area contributed by atoms with Gasteiger partial charge in [0.2, 0.25) is 0 Å². The molecule has 2 rings (SSSR count). The van der Waals surface area contributed by atoms with E-state index < -0.39 is 6.17 Å². The van der Waals surface area contributed by atoms with Gasteiger partial charge in [-0.3, -0.25) is 4.68 Å². The maximum absolute atomic E-state index is 13.2. The number of rotatable bonds is 3. The fourth-order valence-corrected chi connectivity index (χ4v) is 3.30. The van der Waals surface area contributed by atoms with E-state index in [0.29, 0.717) is 12.6 Å². The fourth-order valence-electron chi connectivity index (χ4n) is 3.30. The minimum Gasteiger partial charge on any atom is -0.300 e. The van der Waals surface area contributed by atoms with E-state index in [9.17, 15) is 4.39 Å². The molecule has 1 fully saturated rings. The van der Waals surface area contributed by atoms with E-state index in [1.165, 1.54) is 11.4 Å². The normalized spacial score (nSPS) is 20.0. The molecule has 3 nitrogen and oxygen atoms in total. The first-order valence-electron chi connectivity index (χ1n) is 8.95. The highest BCUT2D eigenvalue weighted by molar-refractivity contribution is 5.23. The highest BCUT2D eigenvalue weighted by Gasteiger charge is 2.30. The van der Waals surface area contributed by atoms with E-state index in [1.807, 2.05) is 0 Å². The van der Waals surface area contributed by atoms with E-state index in [4.69, 9.17) is 5.10 Å². The summed E-state index contributed by atoms with van der Waals surface area (Å²) in [5, 5.41) is 4.98. The lowest BCUT2D eigenvalue weighted by Crippen LogP contribution is -2.38. The molecule has 0 N–H and O–H groups in total. The van der Waals surface area contributed by atoms with Crippen LogP contribution < -0.4 is 0 Å². The minimum atomic E-state index is -0.742. The van der Waals surface area contributed by atoms with Gasteiger partial charge in [-0.2, -0.15) is 5.10 Å². The average molecular weight is 324 g/mol. The van der Waals surface area contributed by atoms with Gasteiger partial charge in [0.1, 0.15) is 6.17 Å². The molecule has 0 bridgehead atoms. The van der Waals surface area contributed by atoms with Crippen molar-refractivity contribution in [3.63, 3.8) is 0 Å². The van der Waals surface area contributed by atoms with E-state index in [1.54, 1.807) is 6.92 Å². The molecule has 1 aromatic heterocycles. The molecule has 0 radical (unpaired) electrons. The van der Waals surface area contributed by atoms with Gasteiger partial charge in [-0.25, -0.2) is 4.39 Å². The number of halogens is 1. The Morgan fingerprint density at radius 1 is 1.13 bits per heavy atom. The smallest absolute Gasteiger partial charge is 0.110 e. The maximum Gasteiger partial charge on any atom is 0.110 e. The van der Waals surface area contributed by atoms with Crippen molar-refractivity contribution in [2.24, 2.45) is 0 Å². The van der Waals surface area contributed by atoms with E-state index in [2.05, 4.69) is 57.2 Å². The van der Waals surface area contributed by atoms with Crippen molar-refractivity contribution < 1.29 is 4.39 Å². The van der Waals surface area contributed by atoms with Crippen molar-refractivity contribution in [1.82, 2.24) is 14.7 Å². The van der Waals surface area contributed by atoms with Crippen LogP contribution in [-0.2, 0) is 10.8 Å². The molecule has 0 spiro atoms. The van der Waals surface area contributed by atoms with E-state index >= 15 is 0 Å². The third-order valence-corrected chi connectivity index (χ3v) is 4.69. The second kappa shape index (κ2) is 6.54. The summed E-state index contributed by atoms with van der Waals surface area (Å²) in [6, 6.07) is 2.72. The summed E-state index contributed by atoms with van der Waals surface area (Å²) in [6.45, 7) is 17.6. The zero-order valence-electron chi connectivity index (χ0n) is 16.0. The average Bonchev–Trinajstić information content (AvgIpc) is 2.83. The van der Waals surface area contributed by atoms with Gasteiger partial charge in [-0.1, -0.05) is 41.5 Å². The lowest BCUT2D eigenvalue weighted by atomic mass is 9.87. The third-order valence-electron chi connectivity index (χ3n) is 4.69. The van der Waals surface area contributed by atoms with Crippen LogP contribution in [0.15, 0.2) is 6.07 Å². The van der Waals surface area contributed by atoms with Gasteiger partial charge >= 0.3 is 0 Å². The van der Waals surface area contributed by atoms with Crippen molar-refractivity contribution in [2.75, 3.05) is 19.6 Å². The van der Waals surface area contributed by atoms with Gasteiger partial charge in [0.05, 0.1) is 11.7 Å². The fraction of sp³-hybridized carbons (Fsp3) is 0.842. The molecule has 1 saturated heterocycles. The van der Waals surface area contributed by atoms with Gasteiger partial charge in [0.25, 0.3) is 0 Å². The molecule has 4 heteroatoms.